The molecule has 4 heterocycles. The Morgan fingerprint density at radius 3 is 2.87 bits per heavy atom. The van der Waals surface area contributed by atoms with Gasteiger partial charge in [-0.15, -0.1) is 0 Å². The first-order valence-electron chi connectivity index (χ1n) is 9.75. The van der Waals surface area contributed by atoms with Crippen LogP contribution in [0.4, 0.5) is 0 Å². The maximum Gasteiger partial charge on any atom is 0.252 e. The van der Waals surface area contributed by atoms with Crippen LogP contribution in [0.5, 0.6) is 11.8 Å². The van der Waals surface area contributed by atoms with E-state index in [1.165, 1.54) is 18.0 Å². The zero-order valence-corrected chi connectivity index (χ0v) is 16.9. The quantitative estimate of drug-likeness (QED) is 0.640. The number of hydrogen-bond acceptors (Lipinski definition) is 7. The van der Waals surface area contributed by atoms with E-state index in [1.807, 2.05) is 0 Å². The van der Waals surface area contributed by atoms with Gasteiger partial charge in [0.15, 0.2) is 5.82 Å². The molecule has 30 heavy (non-hydrogen) atoms. The average Bonchev–Trinajstić information content (AvgIpc) is 3.37. The van der Waals surface area contributed by atoms with Crippen molar-refractivity contribution in [3.8, 4) is 28.7 Å². The van der Waals surface area contributed by atoms with E-state index in [1.54, 1.807) is 36.7 Å². The molecule has 3 aromatic rings. The van der Waals surface area contributed by atoms with Gasteiger partial charge in [-0.1, -0.05) is 0 Å². The van der Waals surface area contributed by atoms with Gasteiger partial charge in [0.1, 0.15) is 0 Å². The number of aromatic nitrogens is 4. The highest BCUT2D eigenvalue weighted by atomic mass is 16.5. The molecule has 0 spiro atoms. The summed E-state index contributed by atoms with van der Waals surface area (Å²) in [5.41, 5.74) is 1.72. The summed E-state index contributed by atoms with van der Waals surface area (Å²) >= 11 is 0. The van der Waals surface area contributed by atoms with Crippen molar-refractivity contribution in [3.05, 3.63) is 48.4 Å². The van der Waals surface area contributed by atoms with Crippen molar-refractivity contribution >= 4 is 5.91 Å². The van der Waals surface area contributed by atoms with Crippen molar-refractivity contribution in [2.45, 2.75) is 6.42 Å². The summed E-state index contributed by atoms with van der Waals surface area (Å²) in [6, 6.07) is 6.80. The summed E-state index contributed by atoms with van der Waals surface area (Å²) in [4.78, 5) is 23.0. The lowest BCUT2D eigenvalue weighted by atomic mass is 10.1. The molecule has 0 aromatic carbocycles. The molecule has 0 aliphatic carbocycles. The van der Waals surface area contributed by atoms with Gasteiger partial charge < -0.3 is 20.1 Å². The maximum absolute atomic E-state index is 12.4. The van der Waals surface area contributed by atoms with E-state index in [4.69, 9.17) is 4.74 Å². The highest BCUT2D eigenvalue weighted by Crippen LogP contribution is 2.31. The molecule has 1 atom stereocenters. The van der Waals surface area contributed by atoms with Crippen molar-refractivity contribution in [3.63, 3.8) is 0 Å². The van der Waals surface area contributed by atoms with Crippen LogP contribution in [0.2, 0.25) is 0 Å². The summed E-state index contributed by atoms with van der Waals surface area (Å²) in [6.07, 6.45) is 5.73. The second-order valence-corrected chi connectivity index (χ2v) is 7.41. The third-order valence-corrected chi connectivity index (χ3v) is 5.27. The zero-order chi connectivity index (χ0) is 21.1. The molecule has 0 radical (unpaired) electrons. The smallest absolute Gasteiger partial charge is 0.252 e. The number of aromatic hydroxyl groups is 1. The SMILES string of the molecule is COc1cc(-c2cnn(-c3ccc(C(=O)NCC4CCN(C)C4)cn3)c2O)ccn1. The van der Waals surface area contributed by atoms with E-state index < -0.39 is 0 Å². The van der Waals surface area contributed by atoms with E-state index in [0.717, 1.165) is 25.1 Å². The van der Waals surface area contributed by atoms with E-state index in [9.17, 15) is 9.90 Å². The van der Waals surface area contributed by atoms with Gasteiger partial charge in [-0.25, -0.2) is 9.97 Å². The van der Waals surface area contributed by atoms with Gasteiger partial charge in [0.25, 0.3) is 5.91 Å². The number of nitrogens with one attached hydrogen (secondary N) is 1. The first kappa shape index (κ1) is 19.8. The normalized spacial score (nSPS) is 16.5. The summed E-state index contributed by atoms with van der Waals surface area (Å²) < 4.78 is 6.45. The van der Waals surface area contributed by atoms with Crippen LogP contribution in [-0.4, -0.2) is 69.5 Å². The molecular weight excluding hydrogens is 384 g/mol. The maximum atomic E-state index is 12.4. The molecule has 1 aliphatic heterocycles. The molecule has 4 rings (SSSR count). The Bertz CT molecular complexity index is 1030. The molecular formula is C21H24N6O3. The topological polar surface area (TPSA) is 105 Å². The molecule has 1 fully saturated rings. The number of methoxy groups -OCH3 is 1. The Morgan fingerprint density at radius 2 is 2.17 bits per heavy atom. The fourth-order valence-electron chi connectivity index (χ4n) is 3.58. The van der Waals surface area contributed by atoms with Crippen LogP contribution in [0.3, 0.4) is 0 Å². The molecule has 9 heteroatoms. The fourth-order valence-corrected chi connectivity index (χ4v) is 3.58. The van der Waals surface area contributed by atoms with Gasteiger partial charge in [0, 0.05) is 31.5 Å². The Balaban J connectivity index is 1.46. The van der Waals surface area contributed by atoms with E-state index >= 15 is 0 Å². The third kappa shape index (κ3) is 4.11. The predicted molar refractivity (Wildman–Crippen MR) is 111 cm³/mol. The Hall–Kier alpha value is -3.46. The first-order valence-corrected chi connectivity index (χ1v) is 9.75. The van der Waals surface area contributed by atoms with Crippen molar-refractivity contribution < 1.29 is 14.6 Å². The second-order valence-electron chi connectivity index (χ2n) is 7.41. The minimum atomic E-state index is -0.155. The largest absolute Gasteiger partial charge is 0.493 e. The van der Waals surface area contributed by atoms with Crippen molar-refractivity contribution in [1.29, 1.82) is 0 Å². The van der Waals surface area contributed by atoms with Crippen molar-refractivity contribution in [2.24, 2.45) is 5.92 Å². The van der Waals surface area contributed by atoms with Crippen LogP contribution in [0, 0.1) is 5.92 Å². The van der Waals surface area contributed by atoms with Gasteiger partial charge in [0.05, 0.1) is 24.4 Å². The Kier molecular flexibility index (Phi) is 5.62. The summed E-state index contributed by atoms with van der Waals surface area (Å²) in [7, 11) is 3.62. The van der Waals surface area contributed by atoms with E-state index in [2.05, 4.69) is 32.3 Å². The number of amides is 1. The molecule has 0 saturated carbocycles. The number of ether oxygens (including phenoxy) is 1. The molecule has 9 nitrogen and oxygen atoms in total. The predicted octanol–water partition coefficient (Wildman–Crippen LogP) is 1.72. The van der Waals surface area contributed by atoms with Crippen LogP contribution in [0.15, 0.2) is 42.9 Å². The number of nitrogens with zero attached hydrogens (tertiary/aromatic N) is 5. The number of carbonyl (C=O) groups is 1. The molecule has 156 valence electrons. The first-order chi connectivity index (χ1) is 14.5. The van der Waals surface area contributed by atoms with Gasteiger partial charge >= 0.3 is 0 Å². The number of hydrogen-bond donors (Lipinski definition) is 2. The van der Waals surface area contributed by atoms with Crippen LogP contribution < -0.4 is 10.1 Å². The van der Waals surface area contributed by atoms with Gasteiger partial charge in [0.2, 0.25) is 11.8 Å². The minimum Gasteiger partial charge on any atom is -0.493 e. The summed E-state index contributed by atoms with van der Waals surface area (Å²) in [5.74, 6) is 1.12. The highest BCUT2D eigenvalue weighted by Gasteiger charge is 2.20. The van der Waals surface area contributed by atoms with E-state index in [0.29, 0.717) is 35.3 Å². The third-order valence-electron chi connectivity index (χ3n) is 5.27. The van der Waals surface area contributed by atoms with E-state index in [-0.39, 0.29) is 11.8 Å². The molecule has 1 unspecified atom stereocenters. The molecule has 2 N–H and O–H groups in total. The van der Waals surface area contributed by atoms with Crippen molar-refractivity contribution in [1.82, 2.24) is 30.0 Å². The van der Waals surface area contributed by atoms with Crippen molar-refractivity contribution in [2.75, 3.05) is 33.8 Å². The second kappa shape index (κ2) is 8.50. The zero-order valence-electron chi connectivity index (χ0n) is 16.9. The Morgan fingerprint density at radius 1 is 1.30 bits per heavy atom. The number of carbonyl (C=O) groups excluding carboxylic acids is 1. The highest BCUT2D eigenvalue weighted by molar-refractivity contribution is 5.93. The molecule has 1 saturated heterocycles. The lowest BCUT2D eigenvalue weighted by Crippen LogP contribution is -2.30. The number of pyridine rings is 2. The summed E-state index contributed by atoms with van der Waals surface area (Å²) in [5, 5.41) is 17.8. The molecule has 1 amide bonds. The fraction of sp³-hybridized carbons (Fsp3) is 0.333. The lowest BCUT2D eigenvalue weighted by molar-refractivity contribution is 0.0947. The van der Waals surface area contributed by atoms with Gasteiger partial charge in [-0.05, 0) is 49.7 Å². The number of rotatable bonds is 6. The standard InChI is InChI=1S/C21H24N6O3/c1-26-8-6-14(13-26)10-24-20(28)16-3-4-18(23-11-16)27-21(29)17(12-25-27)15-5-7-22-19(9-15)30-2/h3-5,7,9,11-12,14,29H,6,8,10,13H2,1-2H3,(H,24,28). The molecule has 3 aromatic heterocycles. The lowest BCUT2D eigenvalue weighted by Gasteiger charge is -2.12. The van der Waals surface area contributed by atoms with Crippen LogP contribution in [0.25, 0.3) is 16.9 Å². The van der Waals surface area contributed by atoms with Crippen LogP contribution in [0.1, 0.15) is 16.8 Å². The minimum absolute atomic E-state index is 0.0571. The number of likely N-dealkylation sites (tertiary alicyclic amines) is 1. The van der Waals surface area contributed by atoms with Crippen LogP contribution in [-0.2, 0) is 0 Å². The van der Waals surface area contributed by atoms with Gasteiger partial charge in [-0.2, -0.15) is 9.78 Å². The molecule has 1 aliphatic rings. The monoisotopic (exact) mass is 408 g/mol. The van der Waals surface area contributed by atoms with Crippen LogP contribution >= 0.6 is 0 Å². The molecule has 0 bridgehead atoms. The summed E-state index contributed by atoms with van der Waals surface area (Å²) in [6.45, 7) is 2.73. The van der Waals surface area contributed by atoms with Gasteiger partial charge in [-0.3, -0.25) is 4.79 Å². The average molecular weight is 408 g/mol. The Labute approximate surface area is 174 Å².